The van der Waals surface area contributed by atoms with E-state index in [1.165, 1.54) is 5.56 Å². The lowest BCUT2D eigenvalue weighted by atomic mass is 9.90. The minimum atomic E-state index is -0.395. The van der Waals surface area contributed by atoms with Gasteiger partial charge in [-0.15, -0.1) is 12.4 Å². The molecule has 0 saturated carbocycles. The molecule has 0 aliphatic carbocycles. The number of anilines is 1. The van der Waals surface area contributed by atoms with Crippen LogP contribution in [-0.4, -0.2) is 41.4 Å². The fourth-order valence-electron chi connectivity index (χ4n) is 3.63. The van der Waals surface area contributed by atoms with Crippen molar-refractivity contribution in [1.82, 2.24) is 20.4 Å². The van der Waals surface area contributed by atoms with Gasteiger partial charge in [-0.2, -0.15) is 5.10 Å². The van der Waals surface area contributed by atoms with Gasteiger partial charge in [-0.25, -0.2) is 4.79 Å². The highest BCUT2D eigenvalue weighted by atomic mass is 35.5. The van der Waals surface area contributed by atoms with Crippen LogP contribution >= 0.6 is 12.4 Å². The second-order valence-electron chi connectivity index (χ2n) is 6.50. The number of amides is 3. The standard InChI is InChI=1S/C17H21N5O2.ClH/c1-21-14-10-12(11-4-7-18-8-5-11)2-3-13(14)16(20-21)22-9-6-15(23)19-17(22)24;/h2-3,10-11,18H,4-9H2,1H3,(H,19,23,24);1H. The molecular weight excluding hydrogens is 342 g/mol. The zero-order valence-corrected chi connectivity index (χ0v) is 14.9. The molecule has 0 bridgehead atoms. The summed E-state index contributed by atoms with van der Waals surface area (Å²) >= 11 is 0. The van der Waals surface area contributed by atoms with E-state index in [1.807, 2.05) is 11.7 Å². The molecule has 2 aromatic rings. The summed E-state index contributed by atoms with van der Waals surface area (Å²) in [4.78, 5) is 25.0. The Labute approximate surface area is 152 Å². The van der Waals surface area contributed by atoms with E-state index in [4.69, 9.17) is 0 Å². The van der Waals surface area contributed by atoms with Gasteiger partial charge in [0, 0.05) is 25.4 Å². The number of nitrogens with zero attached hydrogens (tertiary/aromatic N) is 3. The van der Waals surface area contributed by atoms with Crippen LogP contribution in [-0.2, 0) is 11.8 Å². The number of carbonyl (C=O) groups excluding carboxylic acids is 2. The Morgan fingerprint density at radius 1 is 1.20 bits per heavy atom. The zero-order chi connectivity index (χ0) is 16.7. The van der Waals surface area contributed by atoms with E-state index in [9.17, 15) is 9.59 Å². The molecule has 1 aromatic carbocycles. The Balaban J connectivity index is 0.00000182. The van der Waals surface area contributed by atoms with Crippen LogP contribution in [0, 0.1) is 0 Å². The second kappa shape index (κ2) is 7.01. The maximum absolute atomic E-state index is 12.1. The van der Waals surface area contributed by atoms with Crippen LogP contribution in [0.2, 0.25) is 0 Å². The van der Waals surface area contributed by atoms with Gasteiger partial charge < -0.3 is 5.32 Å². The van der Waals surface area contributed by atoms with Gasteiger partial charge in [0.1, 0.15) is 0 Å². The van der Waals surface area contributed by atoms with Crippen LogP contribution in [0.5, 0.6) is 0 Å². The maximum atomic E-state index is 12.1. The number of fused-ring (bicyclic) bond motifs is 1. The third-order valence-corrected chi connectivity index (χ3v) is 4.98. The summed E-state index contributed by atoms with van der Waals surface area (Å²) in [6, 6.07) is 6.00. The average Bonchev–Trinajstić information content (AvgIpc) is 2.92. The van der Waals surface area contributed by atoms with Gasteiger partial charge in [0.2, 0.25) is 5.91 Å². The number of imide groups is 1. The number of urea groups is 1. The summed E-state index contributed by atoms with van der Waals surface area (Å²) in [6.45, 7) is 2.48. The molecule has 134 valence electrons. The Kier molecular flexibility index (Phi) is 4.96. The SMILES string of the molecule is Cl.Cn1nc(N2CCC(=O)NC2=O)c2ccc(C3CCNCC3)cc21. The molecule has 2 saturated heterocycles. The summed E-state index contributed by atoms with van der Waals surface area (Å²) in [7, 11) is 1.89. The quantitative estimate of drug-likeness (QED) is 0.854. The maximum Gasteiger partial charge on any atom is 0.329 e. The normalized spacial score (nSPS) is 19.0. The minimum absolute atomic E-state index is 0. The van der Waals surface area contributed by atoms with E-state index < -0.39 is 6.03 Å². The molecule has 7 nitrogen and oxygen atoms in total. The predicted molar refractivity (Wildman–Crippen MR) is 98.3 cm³/mol. The molecule has 0 radical (unpaired) electrons. The van der Waals surface area contributed by atoms with Crippen LogP contribution in [0.4, 0.5) is 10.6 Å². The summed E-state index contributed by atoms with van der Waals surface area (Å²) < 4.78 is 1.82. The van der Waals surface area contributed by atoms with Gasteiger partial charge in [-0.05, 0) is 49.5 Å². The van der Waals surface area contributed by atoms with Gasteiger partial charge in [0.05, 0.1) is 5.52 Å². The molecule has 8 heteroatoms. The van der Waals surface area contributed by atoms with E-state index in [1.54, 1.807) is 4.90 Å². The fourth-order valence-corrected chi connectivity index (χ4v) is 3.63. The van der Waals surface area contributed by atoms with Crippen molar-refractivity contribution in [3.63, 3.8) is 0 Å². The van der Waals surface area contributed by atoms with Crippen LogP contribution < -0.4 is 15.5 Å². The number of hydrogen-bond acceptors (Lipinski definition) is 4. The number of halogens is 1. The molecule has 3 amide bonds. The van der Waals surface area contributed by atoms with Crippen molar-refractivity contribution < 1.29 is 9.59 Å². The molecular formula is C17H22ClN5O2. The molecule has 2 fully saturated rings. The molecule has 2 aliphatic rings. The van der Waals surface area contributed by atoms with Gasteiger partial charge in [-0.3, -0.25) is 19.7 Å². The summed E-state index contributed by atoms with van der Waals surface area (Å²) in [5, 5.41) is 11.2. The number of hydrogen-bond donors (Lipinski definition) is 2. The Morgan fingerprint density at radius 2 is 1.96 bits per heavy atom. The Bertz CT molecular complexity index is 813. The van der Waals surface area contributed by atoms with Crippen LogP contribution in [0.15, 0.2) is 18.2 Å². The Morgan fingerprint density at radius 3 is 2.68 bits per heavy atom. The summed E-state index contributed by atoms with van der Waals surface area (Å²) in [5.41, 5.74) is 2.35. The van der Waals surface area contributed by atoms with Crippen molar-refractivity contribution in [3.8, 4) is 0 Å². The summed E-state index contributed by atoms with van der Waals surface area (Å²) in [6.07, 6.45) is 2.59. The molecule has 2 aliphatic heterocycles. The van der Waals surface area contributed by atoms with Crippen LogP contribution in [0.25, 0.3) is 10.9 Å². The molecule has 1 aromatic heterocycles. The smallest absolute Gasteiger partial charge is 0.317 e. The van der Waals surface area contributed by atoms with Crippen LogP contribution in [0.3, 0.4) is 0 Å². The average molecular weight is 364 g/mol. The van der Waals surface area contributed by atoms with E-state index in [2.05, 4.69) is 33.9 Å². The van der Waals surface area contributed by atoms with E-state index >= 15 is 0 Å². The summed E-state index contributed by atoms with van der Waals surface area (Å²) in [5.74, 6) is 0.962. The largest absolute Gasteiger partial charge is 0.329 e. The molecule has 2 N–H and O–H groups in total. The molecule has 0 unspecified atom stereocenters. The number of carbonyl (C=O) groups is 2. The molecule has 4 rings (SSSR count). The van der Waals surface area contributed by atoms with Crippen molar-refractivity contribution in [2.75, 3.05) is 24.5 Å². The van der Waals surface area contributed by atoms with E-state index in [0.29, 0.717) is 24.7 Å². The monoisotopic (exact) mass is 363 g/mol. The second-order valence-corrected chi connectivity index (χ2v) is 6.50. The lowest BCUT2D eigenvalue weighted by molar-refractivity contribution is -0.120. The number of aromatic nitrogens is 2. The molecule has 0 spiro atoms. The minimum Gasteiger partial charge on any atom is -0.317 e. The highest BCUT2D eigenvalue weighted by molar-refractivity contribution is 6.08. The Hall–Kier alpha value is -2.12. The fraction of sp³-hybridized carbons (Fsp3) is 0.471. The number of nitrogens with one attached hydrogen (secondary N) is 2. The van der Waals surface area contributed by atoms with Gasteiger partial charge in [0.15, 0.2) is 5.82 Å². The third-order valence-electron chi connectivity index (χ3n) is 4.98. The third kappa shape index (κ3) is 3.21. The number of benzene rings is 1. The van der Waals surface area contributed by atoms with Crippen molar-refractivity contribution in [3.05, 3.63) is 23.8 Å². The van der Waals surface area contributed by atoms with Gasteiger partial charge >= 0.3 is 6.03 Å². The first-order chi connectivity index (χ1) is 11.6. The molecule has 0 atom stereocenters. The number of piperidine rings is 1. The number of rotatable bonds is 2. The van der Waals surface area contributed by atoms with Gasteiger partial charge in [0.25, 0.3) is 0 Å². The van der Waals surface area contributed by atoms with Crippen molar-refractivity contribution in [2.24, 2.45) is 7.05 Å². The van der Waals surface area contributed by atoms with Crippen LogP contribution in [0.1, 0.15) is 30.7 Å². The number of aryl methyl sites for hydroxylation is 1. The first-order valence-corrected chi connectivity index (χ1v) is 8.42. The first-order valence-electron chi connectivity index (χ1n) is 8.42. The lowest BCUT2D eigenvalue weighted by Gasteiger charge is -2.25. The molecule has 25 heavy (non-hydrogen) atoms. The predicted octanol–water partition coefficient (Wildman–Crippen LogP) is 1.91. The van der Waals surface area contributed by atoms with E-state index in [0.717, 1.165) is 36.8 Å². The molecule has 3 heterocycles. The zero-order valence-electron chi connectivity index (χ0n) is 14.1. The van der Waals surface area contributed by atoms with E-state index in [-0.39, 0.29) is 18.3 Å². The van der Waals surface area contributed by atoms with Gasteiger partial charge in [-0.1, -0.05) is 6.07 Å². The highest BCUT2D eigenvalue weighted by Crippen LogP contribution is 2.32. The van der Waals surface area contributed by atoms with Crippen molar-refractivity contribution in [1.29, 1.82) is 0 Å². The lowest BCUT2D eigenvalue weighted by Crippen LogP contribution is -2.49. The topological polar surface area (TPSA) is 79.3 Å². The van der Waals surface area contributed by atoms with Crippen molar-refractivity contribution in [2.45, 2.75) is 25.2 Å². The highest BCUT2D eigenvalue weighted by Gasteiger charge is 2.28. The first kappa shape index (κ1) is 17.7. The van der Waals surface area contributed by atoms with Crippen molar-refractivity contribution >= 4 is 41.1 Å².